The van der Waals surface area contributed by atoms with E-state index in [1.165, 1.54) is 0 Å². The van der Waals surface area contributed by atoms with Crippen LogP contribution in [0.5, 0.6) is 0 Å². The molecule has 1 aliphatic rings. The van der Waals surface area contributed by atoms with Crippen molar-refractivity contribution in [3.05, 3.63) is 34.9 Å². The van der Waals surface area contributed by atoms with E-state index in [0.717, 1.165) is 12.8 Å². The van der Waals surface area contributed by atoms with Crippen molar-refractivity contribution in [1.82, 2.24) is 10.2 Å². The molecular formula is C17H23ClN2O3. The molecule has 5 nitrogen and oxygen atoms in total. The standard InChI is InChI=1S/C17H23ClN2O3/c1-12(11-21)9-19-16(22)14-3-2-8-20(10-14)17(23)13-4-6-15(18)7-5-13/h4-7,12,14,21H,2-3,8-11H2,1H3,(H,19,22). The summed E-state index contributed by atoms with van der Waals surface area (Å²) < 4.78 is 0. The van der Waals surface area contributed by atoms with E-state index < -0.39 is 0 Å². The average molecular weight is 339 g/mol. The molecule has 2 rings (SSSR count). The molecule has 0 aliphatic carbocycles. The lowest BCUT2D eigenvalue weighted by Gasteiger charge is -2.32. The fourth-order valence-corrected chi connectivity index (χ4v) is 2.76. The minimum Gasteiger partial charge on any atom is -0.396 e. The summed E-state index contributed by atoms with van der Waals surface area (Å²) in [6, 6.07) is 6.80. The van der Waals surface area contributed by atoms with Crippen molar-refractivity contribution in [2.75, 3.05) is 26.2 Å². The zero-order valence-corrected chi connectivity index (χ0v) is 14.1. The maximum Gasteiger partial charge on any atom is 0.253 e. The molecule has 1 aromatic rings. The SMILES string of the molecule is CC(CO)CNC(=O)C1CCCN(C(=O)c2ccc(Cl)cc2)C1. The van der Waals surface area contributed by atoms with Gasteiger partial charge < -0.3 is 15.3 Å². The average Bonchev–Trinajstić information content (AvgIpc) is 2.59. The molecule has 1 aromatic carbocycles. The molecule has 1 heterocycles. The molecule has 1 saturated heterocycles. The summed E-state index contributed by atoms with van der Waals surface area (Å²) in [7, 11) is 0. The summed E-state index contributed by atoms with van der Waals surface area (Å²) in [5.41, 5.74) is 0.587. The van der Waals surface area contributed by atoms with Crippen LogP contribution in [-0.4, -0.2) is 48.1 Å². The lowest BCUT2D eigenvalue weighted by molar-refractivity contribution is -0.126. The number of piperidine rings is 1. The van der Waals surface area contributed by atoms with Crippen molar-refractivity contribution < 1.29 is 14.7 Å². The summed E-state index contributed by atoms with van der Waals surface area (Å²) in [5, 5.41) is 12.5. The Morgan fingerprint density at radius 1 is 1.39 bits per heavy atom. The van der Waals surface area contributed by atoms with Crippen molar-refractivity contribution in [1.29, 1.82) is 0 Å². The third kappa shape index (κ3) is 4.94. The topological polar surface area (TPSA) is 69.6 Å². The number of hydrogen-bond acceptors (Lipinski definition) is 3. The summed E-state index contributed by atoms with van der Waals surface area (Å²) in [4.78, 5) is 26.5. The van der Waals surface area contributed by atoms with Gasteiger partial charge in [-0.05, 0) is 43.0 Å². The van der Waals surface area contributed by atoms with Gasteiger partial charge in [-0.15, -0.1) is 0 Å². The van der Waals surface area contributed by atoms with Crippen LogP contribution >= 0.6 is 11.6 Å². The number of carbonyl (C=O) groups is 2. The molecule has 0 bridgehead atoms. The lowest BCUT2D eigenvalue weighted by Crippen LogP contribution is -2.46. The highest BCUT2D eigenvalue weighted by Gasteiger charge is 2.28. The van der Waals surface area contributed by atoms with Gasteiger partial charge in [-0.1, -0.05) is 18.5 Å². The van der Waals surface area contributed by atoms with E-state index in [4.69, 9.17) is 16.7 Å². The van der Waals surface area contributed by atoms with Crippen LogP contribution < -0.4 is 5.32 Å². The van der Waals surface area contributed by atoms with Gasteiger partial charge in [0.2, 0.25) is 5.91 Å². The Kier molecular flexibility index (Phi) is 6.42. The number of halogens is 1. The van der Waals surface area contributed by atoms with Crippen LogP contribution in [0.25, 0.3) is 0 Å². The number of rotatable bonds is 5. The normalized spacial score (nSPS) is 19.3. The minimum absolute atomic E-state index is 0.0364. The van der Waals surface area contributed by atoms with Gasteiger partial charge in [0.25, 0.3) is 5.91 Å². The summed E-state index contributed by atoms with van der Waals surface area (Å²) >= 11 is 5.84. The maximum absolute atomic E-state index is 12.5. The predicted octanol–water partition coefficient (Wildman–Crippen LogP) is 1.94. The van der Waals surface area contributed by atoms with Crippen molar-refractivity contribution in [3.8, 4) is 0 Å². The van der Waals surface area contributed by atoms with Gasteiger partial charge in [0.05, 0.1) is 5.92 Å². The van der Waals surface area contributed by atoms with Crippen molar-refractivity contribution in [2.24, 2.45) is 11.8 Å². The fourth-order valence-electron chi connectivity index (χ4n) is 2.63. The summed E-state index contributed by atoms with van der Waals surface area (Å²) in [6.07, 6.45) is 1.59. The number of nitrogens with one attached hydrogen (secondary N) is 1. The smallest absolute Gasteiger partial charge is 0.253 e. The highest BCUT2D eigenvalue weighted by Crippen LogP contribution is 2.20. The van der Waals surface area contributed by atoms with Gasteiger partial charge >= 0.3 is 0 Å². The molecule has 2 amide bonds. The van der Waals surface area contributed by atoms with Gasteiger partial charge in [0, 0.05) is 36.8 Å². The van der Waals surface area contributed by atoms with E-state index in [-0.39, 0.29) is 30.3 Å². The van der Waals surface area contributed by atoms with Gasteiger partial charge in [0.15, 0.2) is 0 Å². The number of carbonyl (C=O) groups excluding carboxylic acids is 2. The van der Waals surface area contributed by atoms with Gasteiger partial charge in [-0.3, -0.25) is 9.59 Å². The Morgan fingerprint density at radius 2 is 2.09 bits per heavy atom. The van der Waals surface area contributed by atoms with Gasteiger partial charge in [-0.25, -0.2) is 0 Å². The van der Waals surface area contributed by atoms with E-state index in [1.807, 2.05) is 6.92 Å². The second-order valence-electron chi connectivity index (χ2n) is 6.13. The van der Waals surface area contributed by atoms with Crippen LogP contribution in [0.1, 0.15) is 30.1 Å². The van der Waals surface area contributed by atoms with E-state index in [9.17, 15) is 9.59 Å². The highest BCUT2D eigenvalue weighted by molar-refractivity contribution is 6.30. The largest absolute Gasteiger partial charge is 0.396 e. The lowest BCUT2D eigenvalue weighted by atomic mass is 9.96. The number of aliphatic hydroxyl groups is 1. The molecule has 23 heavy (non-hydrogen) atoms. The van der Waals surface area contributed by atoms with E-state index in [1.54, 1.807) is 29.2 Å². The number of benzene rings is 1. The molecule has 0 radical (unpaired) electrons. The molecule has 6 heteroatoms. The van der Waals surface area contributed by atoms with Crippen LogP contribution in [-0.2, 0) is 4.79 Å². The highest BCUT2D eigenvalue weighted by atomic mass is 35.5. The Hall–Kier alpha value is -1.59. The molecule has 2 atom stereocenters. The first-order valence-electron chi connectivity index (χ1n) is 7.94. The molecule has 2 unspecified atom stereocenters. The monoisotopic (exact) mass is 338 g/mol. The number of nitrogens with zero attached hydrogens (tertiary/aromatic N) is 1. The van der Waals surface area contributed by atoms with Crippen LogP contribution in [0, 0.1) is 11.8 Å². The first-order valence-corrected chi connectivity index (χ1v) is 8.32. The zero-order valence-electron chi connectivity index (χ0n) is 13.3. The Bertz CT molecular complexity index is 547. The van der Waals surface area contributed by atoms with Gasteiger partial charge in [0.1, 0.15) is 0 Å². The molecule has 0 spiro atoms. The molecule has 0 saturated carbocycles. The number of aliphatic hydroxyl groups excluding tert-OH is 1. The molecule has 1 aliphatic heterocycles. The number of amides is 2. The van der Waals surface area contributed by atoms with Crippen LogP contribution in [0.2, 0.25) is 5.02 Å². The fraction of sp³-hybridized carbons (Fsp3) is 0.529. The first-order chi connectivity index (χ1) is 11.0. The van der Waals surface area contributed by atoms with E-state index in [0.29, 0.717) is 30.2 Å². The second kappa shape index (κ2) is 8.31. The molecule has 1 fully saturated rings. The Balaban J connectivity index is 1.93. The zero-order chi connectivity index (χ0) is 16.8. The third-order valence-electron chi connectivity index (χ3n) is 4.11. The van der Waals surface area contributed by atoms with E-state index in [2.05, 4.69) is 5.32 Å². The molecule has 2 N–H and O–H groups in total. The van der Waals surface area contributed by atoms with Crippen LogP contribution in [0.4, 0.5) is 0 Å². The van der Waals surface area contributed by atoms with Crippen molar-refractivity contribution in [3.63, 3.8) is 0 Å². The maximum atomic E-state index is 12.5. The minimum atomic E-state index is -0.189. The van der Waals surface area contributed by atoms with Crippen LogP contribution in [0.3, 0.4) is 0 Å². The number of likely N-dealkylation sites (tertiary alicyclic amines) is 1. The Labute approximate surface area is 141 Å². The van der Waals surface area contributed by atoms with E-state index >= 15 is 0 Å². The molecule has 0 aromatic heterocycles. The Morgan fingerprint density at radius 3 is 2.74 bits per heavy atom. The van der Waals surface area contributed by atoms with Crippen molar-refractivity contribution in [2.45, 2.75) is 19.8 Å². The van der Waals surface area contributed by atoms with Crippen molar-refractivity contribution >= 4 is 23.4 Å². The summed E-state index contributed by atoms with van der Waals surface area (Å²) in [5.74, 6) is -0.262. The number of hydrogen-bond donors (Lipinski definition) is 2. The second-order valence-corrected chi connectivity index (χ2v) is 6.57. The third-order valence-corrected chi connectivity index (χ3v) is 4.36. The molecule has 126 valence electrons. The molecular weight excluding hydrogens is 316 g/mol. The van der Waals surface area contributed by atoms with Gasteiger partial charge in [-0.2, -0.15) is 0 Å². The van der Waals surface area contributed by atoms with Crippen LogP contribution in [0.15, 0.2) is 24.3 Å². The first kappa shape index (κ1) is 17.8. The predicted molar refractivity (Wildman–Crippen MR) is 89.3 cm³/mol. The summed E-state index contributed by atoms with van der Waals surface area (Å²) in [6.45, 7) is 3.47. The quantitative estimate of drug-likeness (QED) is 0.862.